The van der Waals surface area contributed by atoms with E-state index in [0.717, 1.165) is 10.7 Å². The van der Waals surface area contributed by atoms with Gasteiger partial charge in [-0.2, -0.15) is 9.61 Å². The predicted molar refractivity (Wildman–Crippen MR) is 58.3 cm³/mol. The standard InChI is InChI=1S/C10H11N3O4/c1-5-6(2-3-14)9(15)13-8(12-5)7(4-11-13)10(16)17/h4,12,14H,2-3H2,1H3,(H,16,17). The van der Waals surface area contributed by atoms with Crippen LogP contribution < -0.4 is 5.56 Å². The van der Waals surface area contributed by atoms with E-state index in [9.17, 15) is 9.59 Å². The molecule has 0 fully saturated rings. The van der Waals surface area contributed by atoms with E-state index in [-0.39, 0.29) is 24.2 Å². The van der Waals surface area contributed by atoms with Crippen LogP contribution in [0.3, 0.4) is 0 Å². The maximum Gasteiger partial charge on any atom is 0.341 e. The number of carboxylic acids is 1. The number of nitrogens with zero attached hydrogens (tertiary/aromatic N) is 2. The van der Waals surface area contributed by atoms with Crippen molar-refractivity contribution >= 4 is 11.6 Å². The average molecular weight is 237 g/mol. The topological polar surface area (TPSA) is 108 Å². The van der Waals surface area contributed by atoms with Gasteiger partial charge in [0, 0.05) is 24.3 Å². The molecule has 7 heteroatoms. The van der Waals surface area contributed by atoms with Gasteiger partial charge in [-0.1, -0.05) is 0 Å². The highest BCUT2D eigenvalue weighted by Gasteiger charge is 2.16. The van der Waals surface area contributed by atoms with Crippen LogP contribution in [0.5, 0.6) is 0 Å². The molecule has 2 rings (SSSR count). The van der Waals surface area contributed by atoms with Crippen LogP contribution in [0.4, 0.5) is 0 Å². The molecule has 0 aliphatic carbocycles. The first kappa shape index (κ1) is 11.3. The molecule has 0 aliphatic heterocycles. The number of aromatic nitrogens is 3. The molecule has 0 bridgehead atoms. The van der Waals surface area contributed by atoms with Crippen molar-refractivity contribution in [2.45, 2.75) is 13.3 Å². The Morgan fingerprint density at radius 2 is 2.29 bits per heavy atom. The lowest BCUT2D eigenvalue weighted by molar-refractivity contribution is 0.0698. The third-order valence-electron chi connectivity index (χ3n) is 2.57. The van der Waals surface area contributed by atoms with Crippen molar-refractivity contribution in [2.24, 2.45) is 0 Å². The normalized spacial score (nSPS) is 10.9. The molecule has 2 aromatic rings. The molecule has 3 N–H and O–H groups in total. The van der Waals surface area contributed by atoms with Gasteiger partial charge in [-0.05, 0) is 6.92 Å². The number of fused-ring (bicyclic) bond motifs is 1. The van der Waals surface area contributed by atoms with Crippen LogP contribution in [-0.4, -0.2) is 37.4 Å². The second-order valence-corrected chi connectivity index (χ2v) is 3.63. The summed E-state index contributed by atoms with van der Waals surface area (Å²) < 4.78 is 1.00. The minimum Gasteiger partial charge on any atom is -0.477 e. The van der Waals surface area contributed by atoms with Crippen LogP contribution in [0.25, 0.3) is 5.65 Å². The summed E-state index contributed by atoms with van der Waals surface area (Å²) in [5.41, 5.74) is 0.639. The van der Waals surface area contributed by atoms with E-state index < -0.39 is 11.5 Å². The van der Waals surface area contributed by atoms with Gasteiger partial charge in [-0.3, -0.25) is 4.79 Å². The van der Waals surface area contributed by atoms with E-state index in [1.165, 1.54) is 0 Å². The van der Waals surface area contributed by atoms with Crippen molar-refractivity contribution in [2.75, 3.05) is 6.61 Å². The van der Waals surface area contributed by atoms with Gasteiger partial charge in [0.25, 0.3) is 5.56 Å². The van der Waals surface area contributed by atoms with E-state index >= 15 is 0 Å². The first-order valence-electron chi connectivity index (χ1n) is 5.00. The van der Waals surface area contributed by atoms with Crippen molar-refractivity contribution in [1.29, 1.82) is 0 Å². The van der Waals surface area contributed by atoms with Crippen LogP contribution >= 0.6 is 0 Å². The molecule has 0 atom stereocenters. The fraction of sp³-hybridized carbons (Fsp3) is 0.300. The quantitative estimate of drug-likeness (QED) is 0.671. The first-order chi connectivity index (χ1) is 8.06. The van der Waals surface area contributed by atoms with E-state index in [4.69, 9.17) is 10.2 Å². The Morgan fingerprint density at radius 3 is 2.88 bits per heavy atom. The number of hydrogen-bond donors (Lipinski definition) is 3. The van der Waals surface area contributed by atoms with Gasteiger partial charge < -0.3 is 15.2 Å². The number of carboxylic acid groups (broad SMARTS) is 1. The van der Waals surface area contributed by atoms with Crippen molar-refractivity contribution in [1.82, 2.24) is 14.6 Å². The summed E-state index contributed by atoms with van der Waals surface area (Å²) in [6.07, 6.45) is 1.33. The van der Waals surface area contributed by atoms with Gasteiger partial charge in [0.1, 0.15) is 5.56 Å². The number of aliphatic hydroxyl groups is 1. The SMILES string of the molecule is Cc1[nH]c2c(C(=O)O)cnn2c(=O)c1CCO. The second-order valence-electron chi connectivity index (χ2n) is 3.63. The number of aromatic amines is 1. The van der Waals surface area contributed by atoms with E-state index in [1.54, 1.807) is 6.92 Å². The molecule has 0 amide bonds. The van der Waals surface area contributed by atoms with Gasteiger partial charge in [-0.25, -0.2) is 4.79 Å². The summed E-state index contributed by atoms with van der Waals surface area (Å²) >= 11 is 0. The molecule has 0 spiro atoms. The van der Waals surface area contributed by atoms with Crippen LogP contribution in [0, 0.1) is 6.92 Å². The molecule has 7 nitrogen and oxygen atoms in total. The third-order valence-corrected chi connectivity index (χ3v) is 2.57. The van der Waals surface area contributed by atoms with Crippen molar-refractivity contribution in [3.8, 4) is 0 Å². The van der Waals surface area contributed by atoms with Gasteiger partial charge in [0.15, 0.2) is 5.65 Å². The van der Waals surface area contributed by atoms with E-state index in [1.807, 2.05) is 0 Å². The highest BCUT2D eigenvalue weighted by molar-refractivity contribution is 5.94. The molecule has 90 valence electrons. The van der Waals surface area contributed by atoms with E-state index in [0.29, 0.717) is 11.3 Å². The summed E-state index contributed by atoms with van der Waals surface area (Å²) in [5, 5.41) is 21.5. The number of aryl methyl sites for hydroxylation is 1. The van der Waals surface area contributed by atoms with Crippen molar-refractivity contribution in [3.05, 3.63) is 33.4 Å². The highest BCUT2D eigenvalue weighted by Crippen LogP contribution is 2.09. The fourth-order valence-electron chi connectivity index (χ4n) is 1.73. The summed E-state index contributed by atoms with van der Waals surface area (Å²) in [7, 11) is 0. The molecule has 0 unspecified atom stereocenters. The van der Waals surface area contributed by atoms with Crippen LogP contribution in [0.2, 0.25) is 0 Å². The summed E-state index contributed by atoms with van der Waals surface area (Å²) in [4.78, 5) is 25.7. The second kappa shape index (κ2) is 4.02. The minimum absolute atomic E-state index is 0.0549. The zero-order valence-corrected chi connectivity index (χ0v) is 9.10. The number of aliphatic hydroxyl groups excluding tert-OH is 1. The molecule has 17 heavy (non-hydrogen) atoms. The Kier molecular flexibility index (Phi) is 2.68. The number of rotatable bonds is 3. The lowest BCUT2D eigenvalue weighted by Crippen LogP contribution is -2.23. The molecule has 0 saturated carbocycles. The third kappa shape index (κ3) is 1.70. The van der Waals surface area contributed by atoms with Gasteiger partial charge in [0.2, 0.25) is 0 Å². The summed E-state index contributed by atoms with van der Waals surface area (Å²) in [6, 6.07) is 0. The predicted octanol–water partition coefficient (Wildman–Crippen LogP) is -0.436. The van der Waals surface area contributed by atoms with Gasteiger partial charge in [0.05, 0.1) is 6.20 Å². The Balaban J connectivity index is 2.79. The summed E-state index contributed by atoms with van der Waals surface area (Å²) in [6.45, 7) is 1.51. The molecular weight excluding hydrogens is 226 g/mol. The summed E-state index contributed by atoms with van der Waals surface area (Å²) in [5.74, 6) is -1.15. The Hall–Kier alpha value is -2.15. The zero-order chi connectivity index (χ0) is 12.6. The molecule has 0 radical (unpaired) electrons. The molecule has 0 aliphatic rings. The van der Waals surface area contributed by atoms with Gasteiger partial charge in [-0.15, -0.1) is 0 Å². The van der Waals surface area contributed by atoms with Crippen LogP contribution in [-0.2, 0) is 6.42 Å². The first-order valence-corrected chi connectivity index (χ1v) is 5.00. The fourth-order valence-corrected chi connectivity index (χ4v) is 1.73. The number of nitrogens with one attached hydrogen (secondary N) is 1. The van der Waals surface area contributed by atoms with E-state index in [2.05, 4.69) is 10.1 Å². The van der Waals surface area contributed by atoms with Crippen molar-refractivity contribution < 1.29 is 15.0 Å². The number of carbonyl (C=O) groups is 1. The smallest absolute Gasteiger partial charge is 0.341 e. The molecule has 0 aromatic carbocycles. The molecule has 2 aromatic heterocycles. The molecule has 2 heterocycles. The Labute approximate surface area is 95.3 Å². The largest absolute Gasteiger partial charge is 0.477 e. The van der Waals surface area contributed by atoms with Gasteiger partial charge >= 0.3 is 5.97 Å². The Morgan fingerprint density at radius 1 is 1.59 bits per heavy atom. The maximum atomic E-state index is 12.0. The molecule has 0 saturated heterocycles. The van der Waals surface area contributed by atoms with Crippen molar-refractivity contribution in [3.63, 3.8) is 0 Å². The highest BCUT2D eigenvalue weighted by atomic mass is 16.4. The molecular formula is C10H11N3O4. The lowest BCUT2D eigenvalue weighted by atomic mass is 10.2. The Bertz CT molecular complexity index is 641. The number of H-pyrrole nitrogens is 1. The lowest BCUT2D eigenvalue weighted by Gasteiger charge is -2.04. The maximum absolute atomic E-state index is 12.0. The van der Waals surface area contributed by atoms with Crippen LogP contribution in [0.15, 0.2) is 11.0 Å². The monoisotopic (exact) mass is 237 g/mol. The number of hydrogen-bond acceptors (Lipinski definition) is 4. The average Bonchev–Trinajstić information content (AvgIpc) is 2.68. The minimum atomic E-state index is -1.15. The number of aromatic carboxylic acids is 1. The van der Waals surface area contributed by atoms with Crippen LogP contribution in [0.1, 0.15) is 21.6 Å². The zero-order valence-electron chi connectivity index (χ0n) is 9.10.